The Labute approximate surface area is 152 Å². The van der Waals surface area contributed by atoms with Crippen molar-refractivity contribution in [2.45, 2.75) is 26.4 Å². The van der Waals surface area contributed by atoms with Crippen LogP contribution in [0.3, 0.4) is 0 Å². The summed E-state index contributed by atoms with van der Waals surface area (Å²) in [5.41, 5.74) is 3.24. The van der Waals surface area contributed by atoms with E-state index in [-0.39, 0.29) is 30.9 Å². The van der Waals surface area contributed by atoms with E-state index in [1.165, 1.54) is 0 Å². The fourth-order valence-corrected chi connectivity index (χ4v) is 3.09. The third-order valence-electron chi connectivity index (χ3n) is 4.53. The molecule has 1 unspecified atom stereocenters. The Balaban J connectivity index is 1.79. The Morgan fingerprint density at radius 3 is 2.54 bits per heavy atom. The summed E-state index contributed by atoms with van der Waals surface area (Å²) < 4.78 is 0. The van der Waals surface area contributed by atoms with Gasteiger partial charge in [0, 0.05) is 5.56 Å². The van der Waals surface area contributed by atoms with Crippen LogP contribution in [0.25, 0.3) is 0 Å². The maximum Gasteiger partial charge on any atom is 0.324 e. The van der Waals surface area contributed by atoms with Gasteiger partial charge in [-0.2, -0.15) is 0 Å². The lowest BCUT2D eigenvalue weighted by Crippen LogP contribution is -2.32. The van der Waals surface area contributed by atoms with Gasteiger partial charge in [-0.1, -0.05) is 42.5 Å². The molecule has 2 N–H and O–H groups in total. The lowest BCUT2D eigenvalue weighted by atomic mass is 10.0. The highest BCUT2D eigenvalue weighted by atomic mass is 16.2. The summed E-state index contributed by atoms with van der Waals surface area (Å²) in [4.78, 5) is 37.5. The number of carbonyl (C=O) groups is 3. The number of urea groups is 1. The van der Waals surface area contributed by atoms with Gasteiger partial charge in [-0.15, -0.1) is 0 Å². The van der Waals surface area contributed by atoms with Crippen molar-refractivity contribution >= 4 is 17.8 Å². The van der Waals surface area contributed by atoms with E-state index in [9.17, 15) is 14.4 Å². The number of benzene rings is 2. The van der Waals surface area contributed by atoms with Gasteiger partial charge in [-0.25, -0.2) is 4.79 Å². The van der Waals surface area contributed by atoms with Crippen LogP contribution < -0.4 is 10.6 Å². The molecule has 4 amide bonds. The van der Waals surface area contributed by atoms with Crippen molar-refractivity contribution in [2.24, 2.45) is 0 Å². The SMILES string of the molecule is Cc1ccccc1C(C)NC(=O)c1ccccc1CN1C(=O)CNC1=O. The molecular weight excluding hydrogens is 330 g/mol. The molecule has 1 aliphatic rings. The first-order chi connectivity index (χ1) is 12.5. The number of rotatable bonds is 5. The van der Waals surface area contributed by atoms with E-state index in [0.29, 0.717) is 11.1 Å². The van der Waals surface area contributed by atoms with Gasteiger partial charge in [0.05, 0.1) is 19.1 Å². The monoisotopic (exact) mass is 351 g/mol. The standard InChI is InChI=1S/C20H21N3O3/c1-13-7-3-5-9-16(13)14(2)22-19(25)17-10-6-4-8-15(17)12-23-18(24)11-21-20(23)26/h3-10,14H,11-12H2,1-2H3,(H,21,26)(H,22,25). The summed E-state index contributed by atoms with van der Waals surface area (Å²) in [5.74, 6) is -0.526. The topological polar surface area (TPSA) is 78.5 Å². The molecule has 3 rings (SSSR count). The highest BCUT2D eigenvalue weighted by Gasteiger charge is 2.29. The van der Waals surface area contributed by atoms with Crippen molar-refractivity contribution in [1.82, 2.24) is 15.5 Å². The lowest BCUT2D eigenvalue weighted by Gasteiger charge is -2.19. The van der Waals surface area contributed by atoms with Crippen molar-refractivity contribution in [2.75, 3.05) is 6.54 Å². The van der Waals surface area contributed by atoms with E-state index in [4.69, 9.17) is 0 Å². The zero-order chi connectivity index (χ0) is 18.7. The molecule has 6 heteroatoms. The number of carbonyl (C=O) groups excluding carboxylic acids is 3. The van der Waals surface area contributed by atoms with Gasteiger partial charge in [-0.05, 0) is 36.6 Å². The van der Waals surface area contributed by atoms with E-state index < -0.39 is 6.03 Å². The van der Waals surface area contributed by atoms with E-state index >= 15 is 0 Å². The summed E-state index contributed by atoms with van der Waals surface area (Å²) in [6.45, 7) is 4.01. The summed E-state index contributed by atoms with van der Waals surface area (Å²) in [7, 11) is 0. The molecule has 1 heterocycles. The average molecular weight is 351 g/mol. The number of aryl methyl sites for hydroxylation is 1. The Hall–Kier alpha value is -3.15. The minimum absolute atomic E-state index is 0.00247. The van der Waals surface area contributed by atoms with Gasteiger partial charge in [0.15, 0.2) is 0 Å². The molecule has 134 valence electrons. The third kappa shape index (κ3) is 3.59. The van der Waals surface area contributed by atoms with Crippen LogP contribution in [0.5, 0.6) is 0 Å². The first-order valence-electron chi connectivity index (χ1n) is 8.50. The van der Waals surface area contributed by atoms with Crippen molar-refractivity contribution in [3.63, 3.8) is 0 Å². The molecule has 0 aromatic heterocycles. The van der Waals surface area contributed by atoms with Crippen molar-refractivity contribution in [3.05, 3.63) is 70.8 Å². The molecule has 0 spiro atoms. The maximum absolute atomic E-state index is 12.8. The third-order valence-corrected chi connectivity index (χ3v) is 4.53. The predicted octanol–water partition coefficient (Wildman–Crippen LogP) is 2.54. The van der Waals surface area contributed by atoms with Crippen LogP contribution in [0, 0.1) is 6.92 Å². The minimum atomic E-state index is -0.432. The smallest absolute Gasteiger partial charge is 0.324 e. The number of imide groups is 1. The molecule has 2 aromatic rings. The number of amides is 4. The van der Waals surface area contributed by atoms with Crippen molar-refractivity contribution in [3.8, 4) is 0 Å². The molecule has 0 bridgehead atoms. The van der Waals surface area contributed by atoms with Crippen LogP contribution in [-0.2, 0) is 11.3 Å². The number of hydrogen-bond donors (Lipinski definition) is 2. The van der Waals surface area contributed by atoms with Gasteiger partial charge in [0.1, 0.15) is 0 Å². The summed E-state index contributed by atoms with van der Waals surface area (Å²) in [6.07, 6.45) is 0. The lowest BCUT2D eigenvalue weighted by molar-refractivity contribution is -0.125. The molecule has 1 aliphatic heterocycles. The summed E-state index contributed by atoms with van der Waals surface area (Å²) in [5, 5.41) is 5.48. The van der Waals surface area contributed by atoms with Crippen LogP contribution in [0.15, 0.2) is 48.5 Å². The van der Waals surface area contributed by atoms with Crippen LogP contribution in [0.2, 0.25) is 0 Å². The van der Waals surface area contributed by atoms with Crippen LogP contribution in [0.1, 0.15) is 40.0 Å². The highest BCUT2D eigenvalue weighted by molar-refractivity contribution is 6.02. The number of nitrogens with zero attached hydrogens (tertiary/aromatic N) is 1. The molecule has 2 aromatic carbocycles. The Morgan fingerprint density at radius 2 is 1.85 bits per heavy atom. The number of nitrogens with one attached hydrogen (secondary N) is 2. The molecule has 1 atom stereocenters. The second-order valence-electron chi connectivity index (χ2n) is 6.35. The van der Waals surface area contributed by atoms with Gasteiger partial charge in [0.2, 0.25) is 5.91 Å². The maximum atomic E-state index is 12.8. The van der Waals surface area contributed by atoms with Crippen LogP contribution in [0.4, 0.5) is 4.79 Å². The Bertz CT molecular complexity index is 847. The van der Waals surface area contributed by atoms with E-state index in [1.807, 2.05) is 38.1 Å². The van der Waals surface area contributed by atoms with E-state index in [2.05, 4.69) is 10.6 Å². The zero-order valence-electron chi connectivity index (χ0n) is 14.8. The minimum Gasteiger partial charge on any atom is -0.345 e. The van der Waals surface area contributed by atoms with E-state index in [1.54, 1.807) is 24.3 Å². The van der Waals surface area contributed by atoms with Gasteiger partial charge >= 0.3 is 6.03 Å². The molecular formula is C20H21N3O3. The molecule has 0 radical (unpaired) electrons. The van der Waals surface area contributed by atoms with Crippen molar-refractivity contribution in [1.29, 1.82) is 0 Å². The molecule has 26 heavy (non-hydrogen) atoms. The van der Waals surface area contributed by atoms with Crippen LogP contribution in [-0.4, -0.2) is 29.3 Å². The van der Waals surface area contributed by atoms with E-state index in [0.717, 1.165) is 16.0 Å². The molecule has 1 saturated heterocycles. The fourth-order valence-electron chi connectivity index (χ4n) is 3.09. The summed E-state index contributed by atoms with van der Waals surface area (Å²) in [6, 6.07) is 14.3. The van der Waals surface area contributed by atoms with Crippen LogP contribution >= 0.6 is 0 Å². The normalized spacial score (nSPS) is 14.9. The van der Waals surface area contributed by atoms with Gasteiger partial charge in [0.25, 0.3) is 5.91 Å². The molecule has 0 saturated carbocycles. The Morgan fingerprint density at radius 1 is 1.15 bits per heavy atom. The van der Waals surface area contributed by atoms with Gasteiger partial charge in [-0.3, -0.25) is 14.5 Å². The second-order valence-corrected chi connectivity index (χ2v) is 6.35. The second kappa shape index (κ2) is 7.39. The predicted molar refractivity (Wildman–Crippen MR) is 97.5 cm³/mol. The first kappa shape index (κ1) is 17.7. The molecule has 6 nitrogen and oxygen atoms in total. The molecule has 0 aliphatic carbocycles. The molecule has 1 fully saturated rings. The quantitative estimate of drug-likeness (QED) is 0.813. The Kier molecular flexibility index (Phi) is 5.02. The number of hydrogen-bond acceptors (Lipinski definition) is 3. The zero-order valence-corrected chi connectivity index (χ0v) is 14.8. The van der Waals surface area contributed by atoms with Crippen molar-refractivity contribution < 1.29 is 14.4 Å². The fraction of sp³-hybridized carbons (Fsp3) is 0.250. The van der Waals surface area contributed by atoms with Gasteiger partial charge < -0.3 is 10.6 Å². The highest BCUT2D eigenvalue weighted by Crippen LogP contribution is 2.19. The average Bonchev–Trinajstić information content (AvgIpc) is 2.94. The largest absolute Gasteiger partial charge is 0.345 e. The summed E-state index contributed by atoms with van der Waals surface area (Å²) >= 11 is 0. The first-order valence-corrected chi connectivity index (χ1v) is 8.50.